The van der Waals surface area contributed by atoms with E-state index in [-0.39, 0.29) is 6.04 Å². The second kappa shape index (κ2) is 5.58. The fraction of sp³-hybridized carbons (Fsp3) is 0.571. The Labute approximate surface area is 122 Å². The predicted molar refractivity (Wildman–Crippen MR) is 77.3 cm³/mol. The van der Waals surface area contributed by atoms with Crippen molar-refractivity contribution in [1.29, 1.82) is 0 Å². The summed E-state index contributed by atoms with van der Waals surface area (Å²) in [6.07, 6.45) is 1.06. The third-order valence-corrected chi connectivity index (χ3v) is 4.21. The van der Waals surface area contributed by atoms with Crippen molar-refractivity contribution >= 4 is 22.8 Å². The largest absolute Gasteiger partial charge is 0.481 e. The number of nitrogens with zero attached hydrogens (tertiary/aromatic N) is 3. The molecular formula is C14H18ClN3O2. The second-order valence-corrected chi connectivity index (χ2v) is 5.36. The lowest BCUT2D eigenvalue weighted by Gasteiger charge is -2.21. The second-order valence-electron chi connectivity index (χ2n) is 5.09. The Morgan fingerprint density at radius 2 is 2.35 bits per heavy atom. The molecule has 2 aromatic heterocycles. The van der Waals surface area contributed by atoms with Crippen molar-refractivity contribution in [1.82, 2.24) is 14.5 Å². The molecule has 1 aliphatic heterocycles. The van der Waals surface area contributed by atoms with Crippen LogP contribution in [0.25, 0.3) is 11.2 Å². The average Bonchev–Trinajstić information content (AvgIpc) is 3.12. The molecule has 2 atom stereocenters. The summed E-state index contributed by atoms with van der Waals surface area (Å²) in [6.45, 7) is 3.79. The van der Waals surface area contributed by atoms with E-state index >= 15 is 0 Å². The molecule has 0 bridgehead atoms. The Morgan fingerprint density at radius 1 is 1.50 bits per heavy atom. The molecular weight excluding hydrogens is 278 g/mol. The monoisotopic (exact) mass is 295 g/mol. The van der Waals surface area contributed by atoms with Crippen LogP contribution in [0.1, 0.15) is 25.2 Å². The summed E-state index contributed by atoms with van der Waals surface area (Å²) in [5.41, 5.74) is 1.69. The minimum atomic E-state index is 0.260. The molecule has 1 saturated heterocycles. The highest BCUT2D eigenvalue weighted by atomic mass is 35.5. The van der Waals surface area contributed by atoms with E-state index in [1.165, 1.54) is 0 Å². The third kappa shape index (κ3) is 2.25. The molecule has 3 rings (SSSR count). The molecule has 5 nitrogen and oxygen atoms in total. The van der Waals surface area contributed by atoms with Gasteiger partial charge >= 0.3 is 0 Å². The molecule has 0 aromatic carbocycles. The number of aromatic nitrogens is 3. The van der Waals surface area contributed by atoms with E-state index < -0.39 is 0 Å². The third-order valence-electron chi connectivity index (χ3n) is 3.97. The van der Waals surface area contributed by atoms with E-state index in [9.17, 15) is 0 Å². The topological polar surface area (TPSA) is 49.2 Å². The zero-order valence-electron chi connectivity index (χ0n) is 11.7. The molecule has 6 heteroatoms. The normalized spacial score (nSPS) is 20.4. The van der Waals surface area contributed by atoms with Crippen LogP contribution in [-0.4, -0.2) is 34.9 Å². The summed E-state index contributed by atoms with van der Waals surface area (Å²) in [6, 6.07) is 4.00. The van der Waals surface area contributed by atoms with Crippen LogP contribution in [0, 0.1) is 5.92 Å². The highest BCUT2D eigenvalue weighted by Crippen LogP contribution is 2.31. The smallest absolute Gasteiger partial charge is 0.215 e. The van der Waals surface area contributed by atoms with Gasteiger partial charge in [0, 0.05) is 24.6 Å². The zero-order valence-corrected chi connectivity index (χ0v) is 12.4. The first-order valence-electron chi connectivity index (χ1n) is 6.80. The van der Waals surface area contributed by atoms with Gasteiger partial charge in [0.05, 0.1) is 19.6 Å². The van der Waals surface area contributed by atoms with E-state index in [0.717, 1.165) is 36.6 Å². The van der Waals surface area contributed by atoms with Crippen LogP contribution in [0.4, 0.5) is 0 Å². The van der Waals surface area contributed by atoms with Gasteiger partial charge in [-0.2, -0.15) is 4.98 Å². The number of rotatable bonds is 4. The molecule has 1 fully saturated rings. The first-order chi connectivity index (χ1) is 9.74. The van der Waals surface area contributed by atoms with Crippen LogP contribution in [0.2, 0.25) is 0 Å². The SMILES string of the molecule is COc1ccc2nc(CCl)n(C(C)C3CCOC3)c2n1. The van der Waals surface area contributed by atoms with Gasteiger partial charge < -0.3 is 14.0 Å². The summed E-state index contributed by atoms with van der Waals surface area (Å²) in [5.74, 6) is 2.29. The molecule has 0 radical (unpaired) electrons. The molecule has 0 aliphatic carbocycles. The fourth-order valence-corrected chi connectivity index (χ4v) is 2.97. The van der Waals surface area contributed by atoms with Crippen LogP contribution < -0.4 is 4.74 Å². The van der Waals surface area contributed by atoms with Gasteiger partial charge in [-0.1, -0.05) is 0 Å². The van der Waals surface area contributed by atoms with Crippen molar-refractivity contribution in [2.75, 3.05) is 20.3 Å². The van der Waals surface area contributed by atoms with Gasteiger partial charge in [0.2, 0.25) is 5.88 Å². The molecule has 0 N–H and O–H groups in total. The number of pyridine rings is 1. The lowest BCUT2D eigenvalue weighted by atomic mass is 10.0. The number of alkyl halides is 1. The first kappa shape index (κ1) is 13.6. The number of hydrogen-bond acceptors (Lipinski definition) is 4. The number of ether oxygens (including phenoxy) is 2. The van der Waals surface area contributed by atoms with E-state index in [1.54, 1.807) is 7.11 Å². The van der Waals surface area contributed by atoms with Crippen molar-refractivity contribution < 1.29 is 9.47 Å². The van der Waals surface area contributed by atoms with Gasteiger partial charge in [-0.3, -0.25) is 0 Å². The van der Waals surface area contributed by atoms with E-state index in [4.69, 9.17) is 21.1 Å². The highest BCUT2D eigenvalue weighted by Gasteiger charge is 2.27. The van der Waals surface area contributed by atoms with E-state index in [0.29, 0.717) is 17.7 Å². The van der Waals surface area contributed by atoms with Crippen molar-refractivity contribution in [3.63, 3.8) is 0 Å². The van der Waals surface area contributed by atoms with E-state index in [2.05, 4.69) is 21.5 Å². The molecule has 2 aromatic rings. The molecule has 0 saturated carbocycles. The van der Waals surface area contributed by atoms with Gasteiger partial charge in [-0.25, -0.2) is 4.98 Å². The first-order valence-corrected chi connectivity index (χ1v) is 7.33. The molecule has 3 heterocycles. The Morgan fingerprint density at radius 3 is 3.00 bits per heavy atom. The van der Waals surface area contributed by atoms with Crippen LogP contribution in [0.15, 0.2) is 12.1 Å². The molecule has 1 aliphatic rings. The lowest BCUT2D eigenvalue weighted by Crippen LogP contribution is -2.19. The van der Waals surface area contributed by atoms with Gasteiger partial charge in [0.25, 0.3) is 0 Å². The highest BCUT2D eigenvalue weighted by molar-refractivity contribution is 6.16. The molecule has 108 valence electrons. The summed E-state index contributed by atoms with van der Waals surface area (Å²) >= 11 is 6.05. The molecule has 2 unspecified atom stereocenters. The molecule has 0 amide bonds. The fourth-order valence-electron chi connectivity index (χ4n) is 2.78. The minimum absolute atomic E-state index is 0.260. The number of imidazole rings is 1. The number of halogens is 1. The van der Waals surface area contributed by atoms with Gasteiger partial charge in [-0.15, -0.1) is 11.6 Å². The Balaban J connectivity index is 2.10. The Kier molecular flexibility index (Phi) is 3.81. The predicted octanol–water partition coefficient (Wildman–Crippen LogP) is 2.78. The minimum Gasteiger partial charge on any atom is -0.481 e. The summed E-state index contributed by atoms with van der Waals surface area (Å²) in [4.78, 5) is 9.10. The number of methoxy groups -OCH3 is 1. The van der Waals surface area contributed by atoms with Gasteiger partial charge in [0.1, 0.15) is 11.3 Å². The molecule has 20 heavy (non-hydrogen) atoms. The van der Waals surface area contributed by atoms with E-state index in [1.807, 2.05) is 12.1 Å². The maximum Gasteiger partial charge on any atom is 0.215 e. The maximum atomic E-state index is 6.05. The maximum absolute atomic E-state index is 6.05. The van der Waals surface area contributed by atoms with Crippen molar-refractivity contribution in [2.45, 2.75) is 25.3 Å². The van der Waals surface area contributed by atoms with Crippen LogP contribution in [0.3, 0.4) is 0 Å². The van der Waals surface area contributed by atoms with Crippen LogP contribution in [0.5, 0.6) is 5.88 Å². The zero-order chi connectivity index (χ0) is 14.1. The lowest BCUT2D eigenvalue weighted by molar-refractivity contribution is 0.175. The summed E-state index contributed by atoms with van der Waals surface area (Å²) in [5, 5.41) is 0. The van der Waals surface area contributed by atoms with Crippen molar-refractivity contribution in [3.05, 3.63) is 18.0 Å². The standard InChI is InChI=1S/C14H18ClN3O2/c1-9(10-5-6-20-8-10)18-12(7-15)16-11-3-4-13(19-2)17-14(11)18/h3-4,9-10H,5-8H2,1-2H3. The number of fused-ring (bicyclic) bond motifs is 1. The molecule has 0 spiro atoms. The number of hydrogen-bond donors (Lipinski definition) is 0. The van der Waals surface area contributed by atoms with Crippen LogP contribution >= 0.6 is 11.6 Å². The Bertz CT molecular complexity index is 608. The summed E-state index contributed by atoms with van der Waals surface area (Å²) < 4.78 is 12.8. The van der Waals surface area contributed by atoms with Crippen molar-refractivity contribution in [2.24, 2.45) is 5.92 Å². The van der Waals surface area contributed by atoms with Gasteiger partial charge in [-0.05, 0) is 19.4 Å². The van der Waals surface area contributed by atoms with Crippen LogP contribution in [-0.2, 0) is 10.6 Å². The van der Waals surface area contributed by atoms with Gasteiger partial charge in [0.15, 0.2) is 5.65 Å². The van der Waals surface area contributed by atoms with Crippen molar-refractivity contribution in [3.8, 4) is 5.88 Å². The Hall–Kier alpha value is -1.33. The quantitative estimate of drug-likeness (QED) is 0.814. The average molecular weight is 296 g/mol. The summed E-state index contributed by atoms with van der Waals surface area (Å²) in [7, 11) is 1.62.